The summed E-state index contributed by atoms with van der Waals surface area (Å²) in [7, 11) is 0. The number of anilines is 1. The SMILES string of the molecule is Cc1cccc(C(=O)Nc2ccnc(C(C)(C)C)c2)c1. The minimum absolute atomic E-state index is 0.0376. The van der Waals surface area contributed by atoms with Gasteiger partial charge in [0.1, 0.15) is 0 Å². The predicted octanol–water partition coefficient (Wildman–Crippen LogP) is 3.94. The van der Waals surface area contributed by atoms with Gasteiger partial charge in [-0.1, -0.05) is 38.5 Å². The van der Waals surface area contributed by atoms with Gasteiger partial charge >= 0.3 is 0 Å². The highest BCUT2D eigenvalue weighted by atomic mass is 16.1. The number of hydrogen-bond acceptors (Lipinski definition) is 2. The number of carbonyl (C=O) groups excluding carboxylic acids is 1. The third kappa shape index (κ3) is 3.44. The molecule has 0 bridgehead atoms. The van der Waals surface area contributed by atoms with Gasteiger partial charge in [0.15, 0.2) is 0 Å². The number of benzene rings is 1. The lowest BCUT2D eigenvalue weighted by atomic mass is 9.91. The van der Waals surface area contributed by atoms with Gasteiger partial charge in [0.25, 0.3) is 5.91 Å². The van der Waals surface area contributed by atoms with E-state index in [4.69, 9.17) is 0 Å². The summed E-state index contributed by atoms with van der Waals surface area (Å²) in [5.74, 6) is -0.0974. The Kier molecular flexibility index (Phi) is 3.89. The van der Waals surface area contributed by atoms with Crippen LogP contribution < -0.4 is 5.32 Å². The molecule has 1 amide bonds. The second kappa shape index (κ2) is 5.45. The zero-order valence-electron chi connectivity index (χ0n) is 12.4. The molecule has 3 heteroatoms. The van der Waals surface area contributed by atoms with Crippen molar-refractivity contribution in [3.8, 4) is 0 Å². The zero-order chi connectivity index (χ0) is 14.8. The molecule has 20 heavy (non-hydrogen) atoms. The van der Waals surface area contributed by atoms with E-state index in [-0.39, 0.29) is 11.3 Å². The van der Waals surface area contributed by atoms with Crippen LogP contribution in [0.15, 0.2) is 42.6 Å². The Bertz CT molecular complexity index is 627. The average Bonchev–Trinajstić information content (AvgIpc) is 2.38. The number of pyridine rings is 1. The maximum absolute atomic E-state index is 12.2. The van der Waals surface area contributed by atoms with Gasteiger partial charge in [-0.2, -0.15) is 0 Å². The smallest absolute Gasteiger partial charge is 0.255 e. The largest absolute Gasteiger partial charge is 0.322 e. The van der Waals surface area contributed by atoms with E-state index in [1.807, 2.05) is 43.3 Å². The van der Waals surface area contributed by atoms with Crippen LogP contribution in [-0.2, 0) is 5.41 Å². The highest BCUT2D eigenvalue weighted by Gasteiger charge is 2.16. The number of carbonyl (C=O) groups is 1. The third-order valence-corrected chi connectivity index (χ3v) is 3.07. The van der Waals surface area contributed by atoms with Crippen LogP contribution in [-0.4, -0.2) is 10.9 Å². The number of aromatic nitrogens is 1. The van der Waals surface area contributed by atoms with Crippen LogP contribution in [0.5, 0.6) is 0 Å². The molecule has 0 spiro atoms. The van der Waals surface area contributed by atoms with E-state index in [0.29, 0.717) is 5.56 Å². The fraction of sp³-hybridized carbons (Fsp3) is 0.294. The quantitative estimate of drug-likeness (QED) is 0.896. The summed E-state index contributed by atoms with van der Waals surface area (Å²) in [5, 5.41) is 2.92. The molecule has 1 aromatic carbocycles. The van der Waals surface area contributed by atoms with Gasteiger partial charge in [0, 0.05) is 28.6 Å². The summed E-state index contributed by atoms with van der Waals surface area (Å²) in [6.07, 6.45) is 1.73. The van der Waals surface area contributed by atoms with Crippen LogP contribution >= 0.6 is 0 Å². The van der Waals surface area contributed by atoms with Crippen LogP contribution in [0.4, 0.5) is 5.69 Å². The topological polar surface area (TPSA) is 42.0 Å². The van der Waals surface area contributed by atoms with Crippen LogP contribution in [0.3, 0.4) is 0 Å². The van der Waals surface area contributed by atoms with Gasteiger partial charge in [0.05, 0.1) is 0 Å². The monoisotopic (exact) mass is 268 g/mol. The highest BCUT2D eigenvalue weighted by molar-refractivity contribution is 6.04. The lowest BCUT2D eigenvalue weighted by Crippen LogP contribution is -2.16. The number of aryl methyl sites for hydroxylation is 1. The first-order valence-electron chi connectivity index (χ1n) is 6.71. The van der Waals surface area contributed by atoms with Gasteiger partial charge < -0.3 is 5.32 Å². The highest BCUT2D eigenvalue weighted by Crippen LogP contribution is 2.22. The molecule has 0 fully saturated rings. The summed E-state index contributed by atoms with van der Waals surface area (Å²) in [6, 6.07) is 11.3. The van der Waals surface area contributed by atoms with Gasteiger partial charge in [-0.25, -0.2) is 0 Å². The lowest BCUT2D eigenvalue weighted by molar-refractivity contribution is 0.102. The van der Waals surface area contributed by atoms with Crippen molar-refractivity contribution >= 4 is 11.6 Å². The molecule has 1 heterocycles. The van der Waals surface area contributed by atoms with E-state index >= 15 is 0 Å². The van der Waals surface area contributed by atoms with Crippen molar-refractivity contribution in [2.24, 2.45) is 0 Å². The van der Waals surface area contributed by atoms with Crippen molar-refractivity contribution in [1.29, 1.82) is 0 Å². The summed E-state index contributed by atoms with van der Waals surface area (Å²) in [5.41, 5.74) is 3.43. The molecular weight excluding hydrogens is 248 g/mol. The maximum Gasteiger partial charge on any atom is 0.255 e. The maximum atomic E-state index is 12.2. The van der Waals surface area contributed by atoms with Crippen molar-refractivity contribution in [1.82, 2.24) is 4.98 Å². The first-order chi connectivity index (χ1) is 9.36. The molecular formula is C17H20N2O. The summed E-state index contributed by atoms with van der Waals surface area (Å²) in [6.45, 7) is 8.27. The van der Waals surface area contributed by atoms with Crippen LogP contribution in [0.2, 0.25) is 0 Å². The van der Waals surface area contributed by atoms with Gasteiger partial charge in [-0.15, -0.1) is 0 Å². The van der Waals surface area contributed by atoms with Crippen molar-refractivity contribution in [2.75, 3.05) is 5.32 Å². The number of nitrogens with zero attached hydrogens (tertiary/aromatic N) is 1. The Morgan fingerprint density at radius 2 is 1.90 bits per heavy atom. The lowest BCUT2D eigenvalue weighted by Gasteiger charge is -2.18. The average molecular weight is 268 g/mol. The first-order valence-corrected chi connectivity index (χ1v) is 6.71. The zero-order valence-corrected chi connectivity index (χ0v) is 12.4. The fourth-order valence-electron chi connectivity index (χ4n) is 1.91. The summed E-state index contributed by atoms with van der Waals surface area (Å²) >= 11 is 0. The van der Waals surface area contributed by atoms with E-state index in [2.05, 4.69) is 31.1 Å². The third-order valence-electron chi connectivity index (χ3n) is 3.07. The molecule has 1 aromatic heterocycles. The fourth-order valence-corrected chi connectivity index (χ4v) is 1.91. The van der Waals surface area contributed by atoms with Crippen LogP contribution in [0.25, 0.3) is 0 Å². The molecule has 3 nitrogen and oxygen atoms in total. The molecule has 2 rings (SSSR count). The van der Waals surface area contributed by atoms with Crippen molar-refractivity contribution in [3.63, 3.8) is 0 Å². The normalized spacial score (nSPS) is 11.2. The molecule has 0 radical (unpaired) electrons. The molecule has 104 valence electrons. The van der Waals surface area contributed by atoms with E-state index < -0.39 is 0 Å². The Morgan fingerprint density at radius 1 is 1.15 bits per heavy atom. The molecule has 0 saturated carbocycles. The molecule has 0 aliphatic rings. The van der Waals surface area contributed by atoms with E-state index in [0.717, 1.165) is 16.9 Å². The number of amides is 1. The Labute approximate surface area is 120 Å². The predicted molar refractivity (Wildman–Crippen MR) is 82.1 cm³/mol. The number of rotatable bonds is 2. The standard InChI is InChI=1S/C17H20N2O/c1-12-6-5-7-13(10-12)16(20)19-14-8-9-18-15(11-14)17(2,3)4/h5-11H,1-4H3,(H,18,19,20). The van der Waals surface area contributed by atoms with Crippen molar-refractivity contribution in [3.05, 3.63) is 59.4 Å². The number of hydrogen-bond donors (Lipinski definition) is 1. The minimum atomic E-state index is -0.0974. The molecule has 0 aliphatic carbocycles. The molecule has 2 aromatic rings. The van der Waals surface area contributed by atoms with Crippen molar-refractivity contribution < 1.29 is 4.79 Å². The van der Waals surface area contributed by atoms with E-state index in [1.165, 1.54) is 0 Å². The van der Waals surface area contributed by atoms with Crippen LogP contribution in [0, 0.1) is 6.92 Å². The number of nitrogens with one attached hydrogen (secondary N) is 1. The van der Waals surface area contributed by atoms with E-state index in [1.54, 1.807) is 6.20 Å². The molecule has 0 saturated heterocycles. The van der Waals surface area contributed by atoms with Gasteiger partial charge in [0.2, 0.25) is 0 Å². The van der Waals surface area contributed by atoms with Crippen molar-refractivity contribution in [2.45, 2.75) is 33.1 Å². The van der Waals surface area contributed by atoms with Gasteiger partial charge in [-0.3, -0.25) is 9.78 Å². The first kappa shape index (κ1) is 14.3. The second-order valence-electron chi connectivity index (χ2n) is 6.00. The Hall–Kier alpha value is -2.16. The second-order valence-corrected chi connectivity index (χ2v) is 6.00. The summed E-state index contributed by atoms with van der Waals surface area (Å²) < 4.78 is 0. The molecule has 0 aliphatic heterocycles. The van der Waals surface area contributed by atoms with Gasteiger partial charge in [-0.05, 0) is 31.2 Å². The molecule has 0 atom stereocenters. The summed E-state index contributed by atoms with van der Waals surface area (Å²) in [4.78, 5) is 16.5. The Morgan fingerprint density at radius 3 is 2.55 bits per heavy atom. The van der Waals surface area contributed by atoms with E-state index in [9.17, 15) is 4.79 Å². The van der Waals surface area contributed by atoms with Crippen LogP contribution in [0.1, 0.15) is 42.4 Å². The molecule has 1 N–H and O–H groups in total. The minimum Gasteiger partial charge on any atom is -0.322 e. The molecule has 0 unspecified atom stereocenters. The Balaban J connectivity index is 2.20.